The number of aromatic nitrogens is 2. The number of carbonyl (C=O) groups is 2. The normalized spacial score (nSPS) is 16.1. The molecule has 3 amide bonds. The second-order valence-corrected chi connectivity index (χ2v) is 8.03. The second-order valence-electron chi connectivity index (χ2n) is 8.03. The van der Waals surface area contributed by atoms with Gasteiger partial charge in [-0.05, 0) is 45.0 Å². The largest absolute Gasteiger partial charge is 0.339 e. The summed E-state index contributed by atoms with van der Waals surface area (Å²) in [5, 5.41) is 9.66. The Bertz CT molecular complexity index is 1090. The molecule has 1 aliphatic heterocycles. The first-order valence-electron chi connectivity index (χ1n) is 10.3. The molecule has 8 nitrogen and oxygen atoms in total. The molecule has 31 heavy (non-hydrogen) atoms. The van der Waals surface area contributed by atoms with Crippen LogP contribution in [-0.2, 0) is 4.79 Å². The van der Waals surface area contributed by atoms with Crippen molar-refractivity contribution >= 4 is 23.3 Å². The molecule has 1 atom stereocenters. The molecule has 2 aromatic carbocycles. The Kier molecular flexibility index (Phi) is 5.70. The molecule has 0 saturated carbocycles. The first kappa shape index (κ1) is 20.6. The molecule has 0 bridgehead atoms. The lowest BCUT2D eigenvalue weighted by Gasteiger charge is -2.16. The van der Waals surface area contributed by atoms with Crippen LogP contribution < -0.4 is 15.5 Å². The van der Waals surface area contributed by atoms with Gasteiger partial charge in [0.25, 0.3) is 0 Å². The van der Waals surface area contributed by atoms with Crippen LogP contribution in [0.4, 0.5) is 16.2 Å². The molecule has 1 fully saturated rings. The van der Waals surface area contributed by atoms with Crippen LogP contribution >= 0.6 is 0 Å². The van der Waals surface area contributed by atoms with Gasteiger partial charge in [0, 0.05) is 35.9 Å². The van der Waals surface area contributed by atoms with E-state index >= 15 is 0 Å². The Balaban J connectivity index is 1.47. The number of aryl methyl sites for hydroxylation is 1. The molecule has 2 heterocycles. The van der Waals surface area contributed by atoms with Crippen molar-refractivity contribution in [1.29, 1.82) is 0 Å². The maximum absolute atomic E-state index is 12.5. The highest BCUT2D eigenvalue weighted by atomic mass is 16.5. The van der Waals surface area contributed by atoms with Crippen molar-refractivity contribution in [2.45, 2.75) is 39.2 Å². The van der Waals surface area contributed by atoms with Crippen LogP contribution in [0.3, 0.4) is 0 Å². The molecule has 1 aromatic heterocycles. The van der Waals surface area contributed by atoms with Crippen molar-refractivity contribution in [1.82, 2.24) is 15.5 Å². The van der Waals surface area contributed by atoms with Gasteiger partial charge in [-0.25, -0.2) is 4.79 Å². The quantitative estimate of drug-likeness (QED) is 0.649. The van der Waals surface area contributed by atoms with Crippen molar-refractivity contribution in [3.63, 3.8) is 0 Å². The number of benzene rings is 2. The van der Waals surface area contributed by atoms with Gasteiger partial charge in [0.1, 0.15) is 0 Å². The zero-order valence-corrected chi connectivity index (χ0v) is 17.8. The summed E-state index contributed by atoms with van der Waals surface area (Å²) < 4.78 is 5.49. The summed E-state index contributed by atoms with van der Waals surface area (Å²) in [4.78, 5) is 30.7. The second kappa shape index (κ2) is 8.59. The molecule has 3 aromatic rings. The number of hydrogen-bond acceptors (Lipinski definition) is 5. The van der Waals surface area contributed by atoms with Crippen molar-refractivity contribution in [3.05, 3.63) is 60.0 Å². The van der Waals surface area contributed by atoms with Crippen molar-refractivity contribution in [2.24, 2.45) is 0 Å². The van der Waals surface area contributed by atoms with Crippen LogP contribution in [0.1, 0.15) is 37.6 Å². The summed E-state index contributed by atoms with van der Waals surface area (Å²) in [5.74, 6) is 0.738. The topological polar surface area (TPSA) is 100 Å². The number of nitrogens with one attached hydrogen (secondary N) is 2. The Morgan fingerprint density at radius 3 is 2.71 bits per heavy atom. The van der Waals surface area contributed by atoms with Crippen molar-refractivity contribution in [2.75, 3.05) is 16.8 Å². The predicted octanol–water partition coefficient (Wildman–Crippen LogP) is 4.10. The van der Waals surface area contributed by atoms with Crippen LogP contribution in [0.2, 0.25) is 0 Å². The fraction of sp³-hybridized carbons (Fsp3) is 0.304. The van der Waals surface area contributed by atoms with E-state index in [1.807, 2.05) is 57.2 Å². The fourth-order valence-corrected chi connectivity index (χ4v) is 3.53. The molecule has 8 heteroatoms. The molecule has 0 spiro atoms. The highest BCUT2D eigenvalue weighted by Crippen LogP contribution is 2.32. The van der Waals surface area contributed by atoms with Crippen LogP contribution in [0.5, 0.6) is 0 Å². The van der Waals surface area contributed by atoms with E-state index in [0.717, 1.165) is 16.8 Å². The number of anilines is 2. The summed E-state index contributed by atoms with van der Waals surface area (Å²) >= 11 is 0. The lowest BCUT2D eigenvalue weighted by molar-refractivity contribution is -0.117. The van der Waals surface area contributed by atoms with Gasteiger partial charge in [-0.15, -0.1) is 0 Å². The van der Waals surface area contributed by atoms with Gasteiger partial charge in [-0.3, -0.25) is 4.79 Å². The van der Waals surface area contributed by atoms with Gasteiger partial charge < -0.3 is 20.1 Å². The van der Waals surface area contributed by atoms with Crippen LogP contribution in [0, 0.1) is 6.92 Å². The van der Waals surface area contributed by atoms with E-state index in [9.17, 15) is 9.59 Å². The lowest BCUT2D eigenvalue weighted by atomic mass is 10.1. The minimum atomic E-state index is -0.276. The molecule has 1 aliphatic rings. The molecule has 1 saturated heterocycles. The first-order valence-corrected chi connectivity index (χ1v) is 10.3. The number of carbonyl (C=O) groups excluding carboxylic acids is 2. The number of amides is 3. The third-order valence-electron chi connectivity index (χ3n) is 5.06. The summed E-state index contributed by atoms with van der Waals surface area (Å²) in [5.41, 5.74) is 3.36. The maximum atomic E-state index is 12.5. The van der Waals surface area contributed by atoms with Crippen molar-refractivity contribution in [3.8, 4) is 11.4 Å². The third-order valence-corrected chi connectivity index (χ3v) is 5.06. The Morgan fingerprint density at radius 2 is 1.97 bits per heavy atom. The number of rotatable bonds is 5. The minimum absolute atomic E-state index is 0.0379. The maximum Gasteiger partial charge on any atom is 0.319 e. The van der Waals surface area contributed by atoms with E-state index in [2.05, 4.69) is 20.8 Å². The Labute approximate surface area is 180 Å². The van der Waals surface area contributed by atoms with E-state index in [0.29, 0.717) is 30.4 Å². The number of hydrogen-bond donors (Lipinski definition) is 2. The zero-order chi connectivity index (χ0) is 22.0. The Morgan fingerprint density at radius 1 is 1.19 bits per heavy atom. The monoisotopic (exact) mass is 419 g/mol. The molecule has 2 N–H and O–H groups in total. The fourth-order valence-electron chi connectivity index (χ4n) is 3.53. The van der Waals surface area contributed by atoms with Gasteiger partial charge in [0.15, 0.2) is 0 Å². The van der Waals surface area contributed by atoms with Crippen LogP contribution in [0.15, 0.2) is 53.1 Å². The molecule has 0 radical (unpaired) electrons. The SMILES string of the molecule is Cc1ccc(N2CC(c3nc(-c4cccc(NC(=O)NC(C)C)c4)no3)CC2=O)cc1. The average molecular weight is 419 g/mol. The number of urea groups is 1. The molecular weight excluding hydrogens is 394 g/mol. The predicted molar refractivity (Wildman–Crippen MR) is 118 cm³/mol. The van der Waals surface area contributed by atoms with Gasteiger partial charge in [0.2, 0.25) is 17.6 Å². The van der Waals surface area contributed by atoms with Crippen LogP contribution in [0.25, 0.3) is 11.4 Å². The van der Waals surface area contributed by atoms with E-state index in [-0.39, 0.29) is 23.9 Å². The van der Waals surface area contributed by atoms with E-state index < -0.39 is 0 Å². The molecule has 4 rings (SSSR count). The van der Waals surface area contributed by atoms with Gasteiger partial charge in [-0.1, -0.05) is 35.0 Å². The summed E-state index contributed by atoms with van der Waals surface area (Å²) in [6.07, 6.45) is 0.326. The summed E-state index contributed by atoms with van der Waals surface area (Å²) in [7, 11) is 0. The zero-order valence-electron chi connectivity index (χ0n) is 17.8. The van der Waals surface area contributed by atoms with Gasteiger partial charge in [0.05, 0.1) is 5.92 Å². The third kappa shape index (κ3) is 4.74. The summed E-state index contributed by atoms with van der Waals surface area (Å²) in [6.45, 7) is 6.30. The minimum Gasteiger partial charge on any atom is -0.339 e. The van der Waals surface area contributed by atoms with E-state index in [4.69, 9.17) is 4.52 Å². The van der Waals surface area contributed by atoms with E-state index in [1.165, 1.54) is 0 Å². The summed E-state index contributed by atoms with van der Waals surface area (Å²) in [6, 6.07) is 14.9. The standard InChI is InChI=1S/C23H25N5O3/c1-14(2)24-23(30)25-18-6-4-5-16(11-18)21-26-22(31-27-21)17-12-20(29)28(13-17)19-9-7-15(3)8-10-19/h4-11,14,17H,12-13H2,1-3H3,(H2,24,25,30). The smallest absolute Gasteiger partial charge is 0.319 e. The molecule has 0 aliphatic carbocycles. The Hall–Kier alpha value is -3.68. The highest BCUT2D eigenvalue weighted by Gasteiger charge is 2.35. The van der Waals surface area contributed by atoms with E-state index in [1.54, 1.807) is 17.0 Å². The molecule has 1 unspecified atom stereocenters. The highest BCUT2D eigenvalue weighted by molar-refractivity contribution is 5.96. The average Bonchev–Trinajstić information content (AvgIpc) is 3.35. The van der Waals surface area contributed by atoms with Crippen molar-refractivity contribution < 1.29 is 14.1 Å². The first-order chi connectivity index (χ1) is 14.9. The number of nitrogens with zero attached hydrogens (tertiary/aromatic N) is 3. The molecular formula is C23H25N5O3. The molecule has 160 valence electrons. The van der Waals surface area contributed by atoms with Crippen LogP contribution in [-0.4, -0.2) is 34.7 Å². The van der Waals surface area contributed by atoms with Gasteiger partial charge in [-0.2, -0.15) is 4.98 Å². The lowest BCUT2D eigenvalue weighted by Crippen LogP contribution is -2.34. The van der Waals surface area contributed by atoms with Gasteiger partial charge >= 0.3 is 6.03 Å².